The van der Waals surface area contributed by atoms with Gasteiger partial charge < -0.3 is 34.7 Å². The van der Waals surface area contributed by atoms with E-state index in [0.717, 1.165) is 22.4 Å². The summed E-state index contributed by atoms with van der Waals surface area (Å²) >= 11 is 0. The lowest BCUT2D eigenvalue weighted by molar-refractivity contribution is -0.139. The van der Waals surface area contributed by atoms with Gasteiger partial charge in [0, 0.05) is 29.4 Å². The van der Waals surface area contributed by atoms with Crippen LogP contribution >= 0.6 is 0 Å². The van der Waals surface area contributed by atoms with E-state index in [0.29, 0.717) is 34.7 Å². The Balaban J connectivity index is 1.83. The Morgan fingerprint density at radius 3 is 2.13 bits per heavy atom. The summed E-state index contributed by atoms with van der Waals surface area (Å²) in [5, 5.41) is 33.0. The second kappa shape index (κ2) is 15.6. The zero-order valence-electron chi connectivity index (χ0n) is 26.5. The van der Waals surface area contributed by atoms with Crippen LogP contribution in [0.1, 0.15) is 60.9 Å². The van der Waals surface area contributed by atoms with Crippen molar-refractivity contribution in [2.45, 2.75) is 64.3 Å². The zero-order valence-corrected chi connectivity index (χ0v) is 26.5. The molecule has 1 amide bonds. The number of carbonyl (C=O) groups excluding carboxylic acids is 1. The highest BCUT2D eigenvalue weighted by molar-refractivity contribution is 6.05. The van der Waals surface area contributed by atoms with Crippen molar-refractivity contribution in [2.24, 2.45) is 0 Å². The van der Waals surface area contributed by atoms with Gasteiger partial charge in [-0.25, -0.2) is 4.39 Å². The molecule has 0 radical (unpaired) electrons. The van der Waals surface area contributed by atoms with Gasteiger partial charge in [-0.2, -0.15) is 0 Å². The summed E-state index contributed by atoms with van der Waals surface area (Å²) in [7, 11) is 3.10. The Hall–Kier alpha value is -4.67. The van der Waals surface area contributed by atoms with Gasteiger partial charge in [-0.05, 0) is 74.1 Å². The molecule has 2 atom stereocenters. The van der Waals surface area contributed by atoms with Gasteiger partial charge in [0.05, 0.1) is 32.8 Å². The van der Waals surface area contributed by atoms with Crippen LogP contribution in [0.3, 0.4) is 0 Å². The molecule has 0 spiro atoms. The number of methoxy groups -OCH3 is 2. The molecule has 244 valence electrons. The van der Waals surface area contributed by atoms with Gasteiger partial charge in [-0.1, -0.05) is 48.5 Å². The van der Waals surface area contributed by atoms with Crippen LogP contribution < -0.4 is 14.8 Å². The van der Waals surface area contributed by atoms with E-state index in [1.54, 1.807) is 38.5 Å². The van der Waals surface area contributed by atoms with E-state index in [9.17, 15) is 24.2 Å². The number of rotatable bonds is 15. The third kappa shape index (κ3) is 8.13. The maximum absolute atomic E-state index is 14.3. The number of hydrogen-bond acceptors (Lipinski definition) is 6. The van der Waals surface area contributed by atoms with Crippen molar-refractivity contribution in [3.8, 4) is 33.8 Å². The first-order valence-corrected chi connectivity index (χ1v) is 15.2. The molecule has 9 nitrogen and oxygen atoms in total. The Morgan fingerprint density at radius 2 is 1.52 bits per heavy atom. The molecule has 4 aromatic rings. The molecule has 4 rings (SSSR count). The van der Waals surface area contributed by atoms with Crippen LogP contribution in [0.15, 0.2) is 72.8 Å². The predicted octanol–water partition coefficient (Wildman–Crippen LogP) is 6.01. The molecule has 0 aliphatic rings. The lowest BCUT2D eigenvalue weighted by Gasteiger charge is -2.20. The van der Waals surface area contributed by atoms with Gasteiger partial charge in [-0.3, -0.25) is 9.59 Å². The number of aromatic nitrogens is 1. The molecule has 0 bridgehead atoms. The lowest BCUT2D eigenvalue weighted by atomic mass is 9.92. The van der Waals surface area contributed by atoms with Gasteiger partial charge in [0.15, 0.2) is 11.5 Å². The number of aliphatic hydroxyl groups is 2. The van der Waals surface area contributed by atoms with Crippen molar-refractivity contribution in [3.63, 3.8) is 0 Å². The average molecular weight is 633 g/mol. The van der Waals surface area contributed by atoms with E-state index >= 15 is 0 Å². The minimum Gasteiger partial charge on any atom is -0.493 e. The first-order valence-electron chi connectivity index (χ1n) is 15.2. The second-order valence-electron chi connectivity index (χ2n) is 11.4. The number of nitrogens with one attached hydrogen (secondary N) is 1. The molecule has 0 saturated heterocycles. The maximum atomic E-state index is 14.3. The first-order chi connectivity index (χ1) is 22.0. The Bertz CT molecular complexity index is 1630. The third-order valence-corrected chi connectivity index (χ3v) is 7.80. The van der Waals surface area contributed by atoms with Crippen molar-refractivity contribution in [1.29, 1.82) is 0 Å². The zero-order chi connectivity index (χ0) is 33.4. The van der Waals surface area contributed by atoms with Gasteiger partial charge in [0.2, 0.25) is 0 Å². The first kappa shape index (κ1) is 34.2. The molecular weight excluding hydrogens is 591 g/mol. The standard InChI is InChI=1S/C36H41FN2O7/c1-22(2)39-29(16-15-27(40)19-28(41)20-32(42)43)33(25-11-13-26(37)14-12-25)34(24-8-6-5-7-9-24)35(39)36(44)38-21-23-10-17-30(45-3)31(18-23)46-4/h5-14,17-18,22,27-28,40-41H,15-16,19-21H2,1-4H3,(H,38,44)(H,42,43). The monoisotopic (exact) mass is 632 g/mol. The summed E-state index contributed by atoms with van der Waals surface area (Å²) in [5.41, 5.74) is 4.85. The van der Waals surface area contributed by atoms with Crippen LogP contribution in [0, 0.1) is 5.82 Å². The second-order valence-corrected chi connectivity index (χ2v) is 11.4. The SMILES string of the molecule is COc1ccc(CNC(=O)c2c(-c3ccccc3)c(-c3ccc(F)cc3)c(CCC(O)CC(O)CC(=O)O)n2C(C)C)cc1OC. The number of hydrogen-bond donors (Lipinski definition) is 4. The number of benzene rings is 3. The highest BCUT2D eigenvalue weighted by Crippen LogP contribution is 2.42. The van der Waals surface area contributed by atoms with E-state index in [4.69, 9.17) is 14.6 Å². The van der Waals surface area contributed by atoms with Crippen molar-refractivity contribution in [3.05, 3.63) is 95.6 Å². The maximum Gasteiger partial charge on any atom is 0.305 e. The third-order valence-electron chi connectivity index (χ3n) is 7.80. The number of aliphatic hydroxyl groups excluding tert-OH is 2. The fourth-order valence-corrected chi connectivity index (χ4v) is 5.77. The molecule has 0 aliphatic heterocycles. The van der Waals surface area contributed by atoms with Gasteiger partial charge in [0.1, 0.15) is 11.5 Å². The Labute approximate surface area is 268 Å². The molecule has 46 heavy (non-hydrogen) atoms. The molecule has 0 saturated carbocycles. The normalized spacial score (nSPS) is 12.5. The number of nitrogens with zero attached hydrogens (tertiary/aromatic N) is 1. The molecule has 0 aliphatic carbocycles. The number of aliphatic carboxylic acids is 1. The van der Waals surface area contributed by atoms with Crippen molar-refractivity contribution in [2.75, 3.05) is 14.2 Å². The van der Waals surface area contributed by atoms with Crippen LogP contribution in [-0.2, 0) is 17.8 Å². The van der Waals surface area contributed by atoms with Crippen molar-refractivity contribution < 1.29 is 38.8 Å². The number of amides is 1. The molecule has 2 unspecified atom stereocenters. The molecule has 1 aromatic heterocycles. The highest BCUT2D eigenvalue weighted by Gasteiger charge is 2.30. The number of carbonyl (C=O) groups is 2. The number of carboxylic acids is 1. The smallest absolute Gasteiger partial charge is 0.305 e. The van der Waals surface area contributed by atoms with Gasteiger partial charge >= 0.3 is 5.97 Å². The average Bonchev–Trinajstić information content (AvgIpc) is 3.38. The molecule has 0 fully saturated rings. The number of halogens is 1. The van der Waals surface area contributed by atoms with Crippen LogP contribution in [0.2, 0.25) is 0 Å². The summed E-state index contributed by atoms with van der Waals surface area (Å²) in [4.78, 5) is 25.3. The van der Waals surface area contributed by atoms with Crippen LogP contribution in [0.25, 0.3) is 22.3 Å². The van der Waals surface area contributed by atoms with Gasteiger partial charge in [-0.15, -0.1) is 0 Å². The summed E-state index contributed by atoms with van der Waals surface area (Å²) < 4.78 is 26.8. The largest absolute Gasteiger partial charge is 0.493 e. The van der Waals surface area contributed by atoms with Gasteiger partial charge in [0.25, 0.3) is 5.91 Å². The predicted molar refractivity (Wildman–Crippen MR) is 174 cm³/mol. The van der Waals surface area contributed by atoms with E-state index in [-0.39, 0.29) is 31.3 Å². The van der Waals surface area contributed by atoms with E-state index in [2.05, 4.69) is 5.32 Å². The molecule has 10 heteroatoms. The lowest BCUT2D eigenvalue weighted by Crippen LogP contribution is -2.27. The van der Waals surface area contributed by atoms with Crippen LogP contribution in [0.5, 0.6) is 11.5 Å². The van der Waals surface area contributed by atoms with Crippen molar-refractivity contribution in [1.82, 2.24) is 9.88 Å². The van der Waals surface area contributed by atoms with Crippen LogP contribution in [-0.4, -0.2) is 58.2 Å². The van der Waals surface area contributed by atoms with Crippen LogP contribution in [0.4, 0.5) is 4.39 Å². The van der Waals surface area contributed by atoms with Crippen molar-refractivity contribution >= 4 is 11.9 Å². The van der Waals surface area contributed by atoms with E-state index in [1.165, 1.54) is 12.1 Å². The Morgan fingerprint density at radius 1 is 0.870 bits per heavy atom. The number of carboxylic acid groups (broad SMARTS) is 1. The minimum absolute atomic E-state index is 0.106. The number of ether oxygens (including phenoxy) is 2. The summed E-state index contributed by atoms with van der Waals surface area (Å²) in [5.74, 6) is -0.759. The molecular formula is C36H41FN2O7. The highest BCUT2D eigenvalue weighted by atomic mass is 19.1. The topological polar surface area (TPSA) is 130 Å². The molecule has 1 heterocycles. The summed E-state index contributed by atoms with van der Waals surface area (Å²) in [6, 6.07) is 20.8. The molecule has 3 aromatic carbocycles. The minimum atomic E-state index is -1.20. The fraction of sp³-hybridized carbons (Fsp3) is 0.333. The van der Waals surface area contributed by atoms with E-state index in [1.807, 2.05) is 54.8 Å². The van der Waals surface area contributed by atoms with E-state index < -0.39 is 30.4 Å². The quantitative estimate of drug-likeness (QED) is 0.126. The fourth-order valence-electron chi connectivity index (χ4n) is 5.77. The Kier molecular flexibility index (Phi) is 11.6. The summed E-state index contributed by atoms with van der Waals surface area (Å²) in [6.07, 6.45) is -2.27. The molecule has 4 N–H and O–H groups in total. The summed E-state index contributed by atoms with van der Waals surface area (Å²) in [6.45, 7) is 4.13.